The van der Waals surface area contributed by atoms with Gasteiger partial charge in [0.1, 0.15) is 5.52 Å². The molecule has 15 heavy (non-hydrogen) atoms. The van der Waals surface area contributed by atoms with E-state index in [0.29, 0.717) is 0 Å². The van der Waals surface area contributed by atoms with E-state index in [1.165, 1.54) is 4.90 Å². The van der Waals surface area contributed by atoms with E-state index in [9.17, 15) is 0 Å². The van der Waals surface area contributed by atoms with Gasteiger partial charge in [-0.1, -0.05) is 20.8 Å². The van der Waals surface area contributed by atoms with Crippen LogP contribution < -0.4 is 0 Å². The zero-order chi connectivity index (χ0) is 11.1. The number of benzene rings is 1. The van der Waals surface area contributed by atoms with Crippen molar-refractivity contribution in [3.05, 3.63) is 24.1 Å². The Morgan fingerprint density at radius 3 is 2.67 bits per heavy atom. The van der Waals surface area contributed by atoms with E-state index in [1.807, 2.05) is 24.8 Å². The molecular weight excluding hydrogens is 206 g/mol. The summed E-state index contributed by atoms with van der Waals surface area (Å²) in [5.74, 6) is 0.725. The molecule has 0 bridgehead atoms. The maximum Gasteiger partial charge on any atom is 0.192 e. The monoisotopic (exact) mass is 221 g/mol. The normalized spacial score (nSPS) is 12.3. The summed E-state index contributed by atoms with van der Waals surface area (Å²) in [5.41, 5.74) is 1.81. The summed E-state index contributed by atoms with van der Waals surface area (Å²) >= 11 is 1.84. The highest BCUT2D eigenvalue weighted by Crippen LogP contribution is 2.33. The number of nitrogens with zero attached hydrogens (tertiary/aromatic N) is 1. The minimum absolute atomic E-state index is 0.229. The van der Waals surface area contributed by atoms with Gasteiger partial charge in [-0.05, 0) is 18.2 Å². The molecule has 0 amide bonds. The van der Waals surface area contributed by atoms with Crippen molar-refractivity contribution in [2.24, 2.45) is 0 Å². The maximum atomic E-state index is 5.43. The molecule has 0 fully saturated rings. The second kappa shape index (κ2) is 3.56. The van der Waals surface area contributed by atoms with Crippen LogP contribution in [0, 0.1) is 6.92 Å². The predicted molar refractivity (Wildman–Crippen MR) is 64.4 cm³/mol. The van der Waals surface area contributed by atoms with Crippen molar-refractivity contribution in [3.8, 4) is 0 Å². The van der Waals surface area contributed by atoms with Crippen molar-refractivity contribution in [2.75, 3.05) is 0 Å². The number of aryl methyl sites for hydroxylation is 1. The summed E-state index contributed by atoms with van der Waals surface area (Å²) in [5, 5.41) is 0. The second-order valence-electron chi connectivity index (χ2n) is 4.58. The zero-order valence-electron chi connectivity index (χ0n) is 9.50. The molecule has 0 radical (unpaired) electrons. The van der Waals surface area contributed by atoms with Crippen LogP contribution in [-0.2, 0) is 0 Å². The van der Waals surface area contributed by atoms with Gasteiger partial charge in [0.05, 0.1) is 0 Å². The molecule has 80 valence electrons. The molecule has 0 unspecified atom stereocenters. The summed E-state index contributed by atoms with van der Waals surface area (Å²) in [6.07, 6.45) is 0. The average molecular weight is 221 g/mol. The molecular formula is C12H15NOS. The number of fused-ring (bicyclic) bond motifs is 1. The Bertz CT molecular complexity index is 482. The maximum absolute atomic E-state index is 5.43. The number of hydrogen-bond acceptors (Lipinski definition) is 3. The molecule has 0 saturated carbocycles. The summed E-state index contributed by atoms with van der Waals surface area (Å²) in [4.78, 5) is 5.56. The molecule has 2 nitrogen and oxygen atoms in total. The van der Waals surface area contributed by atoms with Crippen LogP contribution in [0.15, 0.2) is 27.5 Å². The fourth-order valence-corrected chi connectivity index (χ4v) is 2.45. The number of rotatable bonds is 1. The van der Waals surface area contributed by atoms with Crippen LogP contribution >= 0.6 is 11.8 Å². The molecule has 0 N–H and O–H groups in total. The fraction of sp³-hybridized carbons (Fsp3) is 0.417. The third-order valence-corrected chi connectivity index (χ3v) is 2.99. The number of thioether (sulfide) groups is 1. The SMILES string of the molecule is Cc1nc2cc(SC(C)(C)C)ccc2o1. The van der Waals surface area contributed by atoms with Crippen molar-refractivity contribution in [3.63, 3.8) is 0 Å². The summed E-state index contributed by atoms with van der Waals surface area (Å²) in [6.45, 7) is 8.48. The van der Waals surface area contributed by atoms with Crippen molar-refractivity contribution in [1.82, 2.24) is 4.98 Å². The molecule has 2 rings (SSSR count). The average Bonchev–Trinajstić information content (AvgIpc) is 2.40. The van der Waals surface area contributed by atoms with Gasteiger partial charge in [-0.3, -0.25) is 0 Å². The number of hydrogen-bond donors (Lipinski definition) is 0. The van der Waals surface area contributed by atoms with E-state index in [4.69, 9.17) is 4.42 Å². The third kappa shape index (κ3) is 2.53. The minimum Gasteiger partial charge on any atom is -0.441 e. The van der Waals surface area contributed by atoms with E-state index >= 15 is 0 Å². The molecule has 2 aromatic rings. The number of oxazole rings is 1. The van der Waals surface area contributed by atoms with Crippen LogP contribution in [0.1, 0.15) is 26.7 Å². The summed E-state index contributed by atoms with van der Waals surface area (Å²) in [6, 6.07) is 6.16. The van der Waals surface area contributed by atoms with Crippen LogP contribution in [0.25, 0.3) is 11.1 Å². The van der Waals surface area contributed by atoms with Gasteiger partial charge < -0.3 is 4.42 Å². The predicted octanol–water partition coefficient (Wildman–Crippen LogP) is 4.03. The first kappa shape index (κ1) is 10.6. The Hall–Kier alpha value is -0.960. The molecule has 0 aliphatic carbocycles. The molecule has 3 heteroatoms. The smallest absolute Gasteiger partial charge is 0.192 e. The first-order chi connectivity index (χ1) is 6.94. The Morgan fingerprint density at radius 1 is 1.27 bits per heavy atom. The molecule has 1 heterocycles. The van der Waals surface area contributed by atoms with E-state index in [0.717, 1.165) is 17.0 Å². The molecule has 1 aromatic carbocycles. The van der Waals surface area contributed by atoms with Crippen LogP contribution in [0.5, 0.6) is 0 Å². The highest BCUT2D eigenvalue weighted by molar-refractivity contribution is 8.00. The first-order valence-electron chi connectivity index (χ1n) is 5.00. The highest BCUT2D eigenvalue weighted by Gasteiger charge is 2.13. The van der Waals surface area contributed by atoms with Crippen molar-refractivity contribution in [1.29, 1.82) is 0 Å². The van der Waals surface area contributed by atoms with Gasteiger partial charge in [0.15, 0.2) is 11.5 Å². The lowest BCUT2D eigenvalue weighted by Crippen LogP contribution is -2.06. The Labute approximate surface area is 94.1 Å². The van der Waals surface area contributed by atoms with Gasteiger partial charge in [-0.2, -0.15) is 0 Å². The lowest BCUT2D eigenvalue weighted by Gasteiger charge is -2.17. The molecule has 0 atom stereocenters. The standard InChI is InChI=1S/C12H15NOS/c1-8-13-10-7-9(15-12(2,3)4)5-6-11(10)14-8/h5-7H,1-4H3. The fourth-order valence-electron chi connectivity index (χ4n) is 1.44. The van der Waals surface area contributed by atoms with Gasteiger partial charge in [-0.15, -0.1) is 11.8 Å². The van der Waals surface area contributed by atoms with E-state index in [-0.39, 0.29) is 4.75 Å². The Balaban J connectivity index is 2.38. The van der Waals surface area contributed by atoms with Gasteiger partial charge in [0, 0.05) is 16.6 Å². The van der Waals surface area contributed by atoms with Crippen molar-refractivity contribution < 1.29 is 4.42 Å². The molecule has 0 spiro atoms. The van der Waals surface area contributed by atoms with Gasteiger partial charge in [-0.25, -0.2) is 4.98 Å². The van der Waals surface area contributed by atoms with Crippen LogP contribution in [0.2, 0.25) is 0 Å². The topological polar surface area (TPSA) is 26.0 Å². The first-order valence-corrected chi connectivity index (χ1v) is 5.82. The molecule has 0 aliphatic heterocycles. The van der Waals surface area contributed by atoms with E-state index in [1.54, 1.807) is 0 Å². The van der Waals surface area contributed by atoms with Crippen LogP contribution in [0.3, 0.4) is 0 Å². The van der Waals surface area contributed by atoms with Gasteiger partial charge in [0.25, 0.3) is 0 Å². The van der Waals surface area contributed by atoms with E-state index in [2.05, 4.69) is 37.9 Å². The zero-order valence-corrected chi connectivity index (χ0v) is 10.3. The quantitative estimate of drug-likeness (QED) is 0.680. The highest BCUT2D eigenvalue weighted by atomic mass is 32.2. The van der Waals surface area contributed by atoms with Crippen molar-refractivity contribution in [2.45, 2.75) is 37.3 Å². The largest absolute Gasteiger partial charge is 0.441 e. The molecule has 0 saturated heterocycles. The van der Waals surface area contributed by atoms with Crippen LogP contribution in [0.4, 0.5) is 0 Å². The Morgan fingerprint density at radius 2 is 2.00 bits per heavy atom. The second-order valence-corrected chi connectivity index (χ2v) is 6.48. The summed E-state index contributed by atoms with van der Waals surface area (Å²) in [7, 11) is 0. The lowest BCUT2D eigenvalue weighted by atomic mass is 10.3. The van der Waals surface area contributed by atoms with E-state index < -0.39 is 0 Å². The van der Waals surface area contributed by atoms with Crippen LogP contribution in [-0.4, -0.2) is 9.73 Å². The summed E-state index contributed by atoms with van der Waals surface area (Å²) < 4.78 is 5.66. The molecule has 0 aliphatic rings. The minimum atomic E-state index is 0.229. The number of aromatic nitrogens is 1. The molecule has 1 aromatic heterocycles. The van der Waals surface area contributed by atoms with Gasteiger partial charge in [0.2, 0.25) is 0 Å². The Kier molecular flexibility index (Phi) is 2.51. The third-order valence-electron chi connectivity index (χ3n) is 1.89. The van der Waals surface area contributed by atoms with Crippen molar-refractivity contribution >= 4 is 22.9 Å². The lowest BCUT2D eigenvalue weighted by molar-refractivity contribution is 0.561. The van der Waals surface area contributed by atoms with Gasteiger partial charge >= 0.3 is 0 Å².